The van der Waals surface area contributed by atoms with E-state index >= 15 is 0 Å². The zero-order valence-corrected chi connectivity index (χ0v) is 14.2. The molecule has 0 aliphatic rings. The molecular formula is C18H14ClF2N3O2. The lowest BCUT2D eigenvalue weighted by atomic mass is 10.2. The third-order valence-electron chi connectivity index (χ3n) is 3.49. The lowest BCUT2D eigenvalue weighted by Crippen LogP contribution is -2.22. The average Bonchev–Trinajstić information content (AvgIpc) is 3.10. The number of carbonyl (C=O) groups excluding carboxylic acids is 1. The van der Waals surface area contributed by atoms with E-state index in [4.69, 9.17) is 11.6 Å². The van der Waals surface area contributed by atoms with Crippen LogP contribution in [0.15, 0.2) is 60.9 Å². The third-order valence-corrected chi connectivity index (χ3v) is 3.73. The van der Waals surface area contributed by atoms with E-state index in [0.29, 0.717) is 16.1 Å². The van der Waals surface area contributed by atoms with Crippen LogP contribution in [0.4, 0.5) is 8.78 Å². The van der Waals surface area contributed by atoms with Gasteiger partial charge in [-0.1, -0.05) is 29.8 Å². The van der Waals surface area contributed by atoms with Crippen LogP contribution < -0.4 is 10.1 Å². The fraction of sp³-hybridized carbons (Fsp3) is 0.111. The van der Waals surface area contributed by atoms with Crippen molar-refractivity contribution >= 4 is 17.5 Å². The summed E-state index contributed by atoms with van der Waals surface area (Å²) in [5.74, 6) is -0.293. The Bertz CT molecular complexity index is 915. The highest BCUT2D eigenvalue weighted by Gasteiger charge is 2.10. The Morgan fingerprint density at radius 3 is 2.81 bits per heavy atom. The van der Waals surface area contributed by atoms with E-state index in [0.717, 1.165) is 5.69 Å². The van der Waals surface area contributed by atoms with Crippen molar-refractivity contribution in [1.82, 2.24) is 15.1 Å². The maximum atomic E-state index is 12.3. The van der Waals surface area contributed by atoms with Gasteiger partial charge in [-0.3, -0.25) is 4.79 Å². The zero-order valence-electron chi connectivity index (χ0n) is 13.4. The molecule has 0 aliphatic carbocycles. The minimum absolute atomic E-state index is 0.0422. The summed E-state index contributed by atoms with van der Waals surface area (Å²) in [5.41, 5.74) is 1.73. The van der Waals surface area contributed by atoms with Crippen molar-refractivity contribution in [3.05, 3.63) is 77.1 Å². The first-order valence-electron chi connectivity index (χ1n) is 7.64. The molecule has 1 heterocycles. The third kappa shape index (κ3) is 4.58. The first-order chi connectivity index (χ1) is 12.5. The number of aromatic nitrogens is 2. The molecule has 26 heavy (non-hydrogen) atoms. The summed E-state index contributed by atoms with van der Waals surface area (Å²) >= 11 is 5.95. The van der Waals surface area contributed by atoms with Crippen molar-refractivity contribution in [1.29, 1.82) is 0 Å². The summed E-state index contributed by atoms with van der Waals surface area (Å²) in [6.07, 6.45) is 3.02. The minimum Gasteiger partial charge on any atom is -0.435 e. The maximum Gasteiger partial charge on any atom is 0.387 e. The fourth-order valence-electron chi connectivity index (χ4n) is 2.32. The number of halogens is 3. The molecule has 8 heteroatoms. The number of benzene rings is 2. The first-order valence-corrected chi connectivity index (χ1v) is 8.01. The Balaban J connectivity index is 1.64. The van der Waals surface area contributed by atoms with Gasteiger partial charge < -0.3 is 10.1 Å². The molecule has 0 atom stereocenters. The molecule has 134 valence electrons. The number of hydrogen-bond donors (Lipinski definition) is 1. The molecule has 3 rings (SSSR count). The van der Waals surface area contributed by atoms with Gasteiger partial charge in [-0.25, -0.2) is 4.68 Å². The van der Waals surface area contributed by atoms with E-state index in [-0.39, 0.29) is 18.2 Å². The normalized spacial score (nSPS) is 10.8. The molecule has 1 N–H and O–H groups in total. The van der Waals surface area contributed by atoms with Gasteiger partial charge in [-0.15, -0.1) is 0 Å². The highest BCUT2D eigenvalue weighted by molar-refractivity contribution is 6.30. The summed E-state index contributed by atoms with van der Waals surface area (Å²) in [6, 6.07) is 13.2. The van der Waals surface area contributed by atoms with Crippen molar-refractivity contribution in [2.75, 3.05) is 0 Å². The number of alkyl halides is 2. The predicted octanol–water partition coefficient (Wildman–Crippen LogP) is 4.06. The van der Waals surface area contributed by atoms with Crippen LogP contribution in [-0.4, -0.2) is 22.3 Å². The molecule has 5 nitrogen and oxygen atoms in total. The SMILES string of the molecule is O=C(NCc1cccc(OC(F)F)c1)c1cnn(-c2cccc(Cl)c2)c1. The quantitative estimate of drug-likeness (QED) is 0.705. The molecule has 0 saturated heterocycles. The molecule has 0 aliphatic heterocycles. The smallest absolute Gasteiger partial charge is 0.387 e. The summed E-state index contributed by atoms with van der Waals surface area (Å²) in [4.78, 5) is 12.3. The van der Waals surface area contributed by atoms with E-state index in [9.17, 15) is 13.6 Å². The minimum atomic E-state index is -2.89. The monoisotopic (exact) mass is 377 g/mol. The molecule has 0 bridgehead atoms. The van der Waals surface area contributed by atoms with Crippen LogP contribution in [0.25, 0.3) is 5.69 Å². The van der Waals surface area contributed by atoms with Crippen molar-refractivity contribution < 1.29 is 18.3 Å². The Morgan fingerprint density at radius 1 is 1.23 bits per heavy atom. The second kappa shape index (κ2) is 7.97. The summed E-state index contributed by atoms with van der Waals surface area (Å²) in [7, 11) is 0. The van der Waals surface area contributed by atoms with Gasteiger partial charge in [-0.05, 0) is 35.9 Å². The van der Waals surface area contributed by atoms with Gasteiger partial charge in [0.2, 0.25) is 0 Å². The van der Waals surface area contributed by atoms with Crippen molar-refractivity contribution in [2.24, 2.45) is 0 Å². The van der Waals surface area contributed by atoms with Crippen molar-refractivity contribution in [2.45, 2.75) is 13.2 Å². The van der Waals surface area contributed by atoms with Crippen LogP contribution in [0.2, 0.25) is 5.02 Å². The average molecular weight is 378 g/mol. The van der Waals surface area contributed by atoms with Gasteiger partial charge in [0, 0.05) is 17.8 Å². The summed E-state index contributed by atoms with van der Waals surface area (Å²) < 4.78 is 30.4. The molecule has 1 amide bonds. The molecule has 1 aromatic heterocycles. The molecule has 3 aromatic rings. The van der Waals surface area contributed by atoms with Gasteiger partial charge in [0.1, 0.15) is 5.75 Å². The van der Waals surface area contributed by atoms with Gasteiger partial charge in [-0.2, -0.15) is 13.9 Å². The zero-order chi connectivity index (χ0) is 18.5. The lowest BCUT2D eigenvalue weighted by molar-refractivity contribution is -0.0498. The topological polar surface area (TPSA) is 56.1 Å². The summed E-state index contributed by atoms with van der Waals surface area (Å²) in [5, 5.41) is 7.42. The number of nitrogens with one attached hydrogen (secondary N) is 1. The van der Waals surface area contributed by atoms with Gasteiger partial charge in [0.25, 0.3) is 5.91 Å². The Hall–Kier alpha value is -2.93. The Labute approximate surface area is 153 Å². The van der Waals surface area contributed by atoms with E-state index in [1.54, 1.807) is 36.5 Å². The predicted molar refractivity (Wildman–Crippen MR) is 92.8 cm³/mol. The van der Waals surface area contributed by atoms with Crippen LogP contribution in [0.3, 0.4) is 0 Å². The van der Waals surface area contributed by atoms with Gasteiger partial charge >= 0.3 is 6.61 Å². The molecule has 2 aromatic carbocycles. The number of amides is 1. The Kier molecular flexibility index (Phi) is 5.48. The maximum absolute atomic E-state index is 12.3. The van der Waals surface area contributed by atoms with Crippen molar-refractivity contribution in [3.8, 4) is 11.4 Å². The molecule has 0 saturated carbocycles. The second-order valence-corrected chi connectivity index (χ2v) is 5.80. The largest absolute Gasteiger partial charge is 0.435 e. The highest BCUT2D eigenvalue weighted by atomic mass is 35.5. The number of rotatable bonds is 6. The van der Waals surface area contributed by atoms with Crippen molar-refractivity contribution in [3.63, 3.8) is 0 Å². The van der Waals surface area contributed by atoms with Crippen LogP contribution in [0, 0.1) is 0 Å². The molecule has 0 radical (unpaired) electrons. The molecule has 0 fully saturated rings. The van der Waals surface area contributed by atoms with E-state index in [1.807, 2.05) is 6.07 Å². The first kappa shape index (κ1) is 17.9. The van der Waals surface area contributed by atoms with E-state index < -0.39 is 6.61 Å². The van der Waals surface area contributed by atoms with E-state index in [1.165, 1.54) is 23.0 Å². The number of carbonyl (C=O) groups is 1. The van der Waals surface area contributed by atoms with Crippen LogP contribution in [0.1, 0.15) is 15.9 Å². The number of ether oxygens (including phenoxy) is 1. The molecule has 0 unspecified atom stereocenters. The lowest BCUT2D eigenvalue weighted by Gasteiger charge is -2.07. The molecular weight excluding hydrogens is 364 g/mol. The standard InChI is InChI=1S/C18H14ClF2N3O2/c19-14-4-2-5-15(8-14)24-11-13(10-23-24)17(25)22-9-12-3-1-6-16(7-12)26-18(20)21/h1-8,10-11,18H,9H2,(H,22,25). The number of hydrogen-bond acceptors (Lipinski definition) is 3. The second-order valence-electron chi connectivity index (χ2n) is 5.36. The van der Waals surface area contributed by atoms with Crippen LogP contribution in [0.5, 0.6) is 5.75 Å². The number of nitrogens with zero attached hydrogens (tertiary/aromatic N) is 2. The highest BCUT2D eigenvalue weighted by Crippen LogP contribution is 2.17. The van der Waals surface area contributed by atoms with Crippen LogP contribution in [-0.2, 0) is 6.54 Å². The van der Waals surface area contributed by atoms with Gasteiger partial charge in [0.05, 0.1) is 17.4 Å². The fourth-order valence-corrected chi connectivity index (χ4v) is 2.50. The summed E-state index contributed by atoms with van der Waals surface area (Å²) in [6.45, 7) is -2.72. The van der Waals surface area contributed by atoms with Crippen LogP contribution >= 0.6 is 11.6 Å². The molecule has 0 spiro atoms. The Morgan fingerprint density at radius 2 is 2.04 bits per heavy atom. The van der Waals surface area contributed by atoms with E-state index in [2.05, 4.69) is 15.2 Å². The van der Waals surface area contributed by atoms with Gasteiger partial charge in [0.15, 0.2) is 0 Å².